The van der Waals surface area contributed by atoms with Gasteiger partial charge in [0.15, 0.2) is 0 Å². The summed E-state index contributed by atoms with van der Waals surface area (Å²) in [7, 11) is 0. The number of aromatic hydroxyl groups is 1. The Hall–Kier alpha value is -2.33. The Morgan fingerprint density at radius 2 is 1.62 bits per heavy atom. The molecule has 1 aliphatic heterocycles. The molecular formula is C20H25N3O. The second kappa shape index (κ2) is 7.97. The van der Waals surface area contributed by atoms with E-state index in [1.807, 2.05) is 12.1 Å². The first kappa shape index (κ1) is 16.5. The maximum atomic E-state index is 9.43. The molecule has 0 aromatic heterocycles. The molecule has 126 valence electrons. The van der Waals surface area contributed by atoms with Gasteiger partial charge in [-0.15, -0.1) is 0 Å². The maximum Gasteiger partial charge on any atom is 0.115 e. The monoisotopic (exact) mass is 323 g/mol. The highest BCUT2D eigenvalue weighted by Crippen LogP contribution is 2.14. The minimum Gasteiger partial charge on any atom is -0.508 e. The largest absolute Gasteiger partial charge is 0.508 e. The summed E-state index contributed by atoms with van der Waals surface area (Å²) in [6.45, 7) is 7.10. The lowest BCUT2D eigenvalue weighted by molar-refractivity contribution is 0.130. The molecule has 2 aromatic rings. The van der Waals surface area contributed by atoms with Gasteiger partial charge in [0.05, 0.1) is 5.71 Å². The molecule has 0 aliphatic carbocycles. The number of nitrogens with zero attached hydrogens (tertiary/aromatic N) is 3. The second-order valence-electron chi connectivity index (χ2n) is 6.16. The first-order valence-corrected chi connectivity index (χ1v) is 8.62. The Balaban J connectivity index is 1.58. The number of hydrazone groups is 1. The standard InChI is InChI=1S/C20H25N3O/c1-2-20(18-8-10-19(24)11-9-18)21-23-14-12-22(13-15-23)16-17-6-4-3-5-7-17/h3-11,24H,2,12-16H2,1H3/b21-20-. The lowest BCUT2D eigenvalue weighted by Crippen LogP contribution is -2.43. The quantitative estimate of drug-likeness (QED) is 0.858. The Labute approximate surface area is 144 Å². The van der Waals surface area contributed by atoms with Gasteiger partial charge in [-0.05, 0) is 41.8 Å². The molecule has 0 unspecified atom stereocenters. The number of phenolic OH excluding ortho intramolecular Hbond substituents is 1. The van der Waals surface area contributed by atoms with Crippen LogP contribution in [-0.4, -0.2) is 46.9 Å². The molecule has 24 heavy (non-hydrogen) atoms. The van der Waals surface area contributed by atoms with Crippen molar-refractivity contribution in [3.8, 4) is 5.75 Å². The molecule has 1 fully saturated rings. The molecule has 4 heteroatoms. The Morgan fingerprint density at radius 1 is 0.958 bits per heavy atom. The number of phenols is 1. The highest BCUT2D eigenvalue weighted by Gasteiger charge is 2.16. The van der Waals surface area contributed by atoms with Gasteiger partial charge in [0.2, 0.25) is 0 Å². The first-order valence-electron chi connectivity index (χ1n) is 8.62. The van der Waals surface area contributed by atoms with Gasteiger partial charge in [-0.2, -0.15) is 5.10 Å². The average Bonchev–Trinajstić information content (AvgIpc) is 2.63. The summed E-state index contributed by atoms with van der Waals surface area (Å²) in [5.41, 5.74) is 3.53. The smallest absolute Gasteiger partial charge is 0.115 e. The van der Waals surface area contributed by atoms with Crippen molar-refractivity contribution in [2.75, 3.05) is 26.2 Å². The highest BCUT2D eigenvalue weighted by atomic mass is 16.3. The summed E-state index contributed by atoms with van der Waals surface area (Å²) >= 11 is 0. The third-order valence-electron chi connectivity index (χ3n) is 4.40. The van der Waals surface area contributed by atoms with E-state index in [0.717, 1.165) is 50.4 Å². The van der Waals surface area contributed by atoms with Crippen molar-refractivity contribution in [3.63, 3.8) is 0 Å². The van der Waals surface area contributed by atoms with Crippen LogP contribution in [0.4, 0.5) is 0 Å². The highest BCUT2D eigenvalue weighted by molar-refractivity contribution is 6.00. The number of hydrogen-bond donors (Lipinski definition) is 1. The van der Waals surface area contributed by atoms with Gasteiger partial charge < -0.3 is 5.11 Å². The van der Waals surface area contributed by atoms with Crippen LogP contribution >= 0.6 is 0 Å². The van der Waals surface area contributed by atoms with Crippen LogP contribution in [0.3, 0.4) is 0 Å². The van der Waals surface area contributed by atoms with Crippen molar-refractivity contribution in [2.45, 2.75) is 19.9 Å². The third-order valence-corrected chi connectivity index (χ3v) is 4.40. The van der Waals surface area contributed by atoms with E-state index in [9.17, 15) is 5.11 Å². The predicted octanol–water partition coefficient (Wildman–Crippen LogP) is 3.32. The molecule has 0 bridgehead atoms. The van der Waals surface area contributed by atoms with Gasteiger partial charge in [-0.25, -0.2) is 0 Å². The fourth-order valence-electron chi connectivity index (χ4n) is 2.99. The summed E-state index contributed by atoms with van der Waals surface area (Å²) in [4.78, 5) is 2.48. The number of rotatable bonds is 5. The fourth-order valence-corrected chi connectivity index (χ4v) is 2.99. The lowest BCUT2D eigenvalue weighted by Gasteiger charge is -2.33. The number of piperazine rings is 1. The van der Waals surface area contributed by atoms with E-state index >= 15 is 0 Å². The molecule has 1 aliphatic rings. The van der Waals surface area contributed by atoms with Crippen molar-refractivity contribution in [3.05, 3.63) is 65.7 Å². The van der Waals surface area contributed by atoms with E-state index in [1.54, 1.807) is 12.1 Å². The lowest BCUT2D eigenvalue weighted by atomic mass is 10.1. The van der Waals surface area contributed by atoms with Crippen LogP contribution in [0, 0.1) is 0 Å². The molecule has 0 radical (unpaired) electrons. The Bertz CT molecular complexity index is 659. The van der Waals surface area contributed by atoms with Gasteiger partial charge in [0.25, 0.3) is 0 Å². The molecule has 0 spiro atoms. The average molecular weight is 323 g/mol. The van der Waals surface area contributed by atoms with Gasteiger partial charge in [0, 0.05) is 32.7 Å². The zero-order valence-electron chi connectivity index (χ0n) is 14.2. The molecule has 2 aromatic carbocycles. The van der Waals surface area contributed by atoms with Crippen LogP contribution in [0.2, 0.25) is 0 Å². The van der Waals surface area contributed by atoms with E-state index in [4.69, 9.17) is 5.10 Å². The summed E-state index contributed by atoms with van der Waals surface area (Å²) in [5, 5.41) is 16.4. The normalized spacial score (nSPS) is 16.4. The fraction of sp³-hybridized carbons (Fsp3) is 0.350. The Kier molecular flexibility index (Phi) is 5.49. The molecule has 0 saturated carbocycles. The topological polar surface area (TPSA) is 39.1 Å². The van der Waals surface area contributed by atoms with Crippen LogP contribution in [0.15, 0.2) is 59.7 Å². The van der Waals surface area contributed by atoms with Crippen molar-refractivity contribution >= 4 is 5.71 Å². The van der Waals surface area contributed by atoms with Crippen LogP contribution in [0.5, 0.6) is 5.75 Å². The summed E-state index contributed by atoms with van der Waals surface area (Å²) < 4.78 is 0. The van der Waals surface area contributed by atoms with Crippen LogP contribution < -0.4 is 0 Å². The molecule has 1 saturated heterocycles. The zero-order valence-corrected chi connectivity index (χ0v) is 14.2. The molecule has 4 nitrogen and oxygen atoms in total. The number of benzene rings is 2. The molecule has 0 amide bonds. The number of hydrogen-bond acceptors (Lipinski definition) is 4. The SMILES string of the molecule is CC/C(=N/N1CCN(Cc2ccccc2)CC1)c1ccc(O)cc1. The summed E-state index contributed by atoms with van der Waals surface area (Å²) in [5.74, 6) is 0.295. The van der Waals surface area contributed by atoms with Gasteiger partial charge in [-0.1, -0.05) is 37.3 Å². The van der Waals surface area contributed by atoms with Gasteiger partial charge in [0.1, 0.15) is 5.75 Å². The molecule has 1 heterocycles. The van der Waals surface area contributed by atoms with Gasteiger partial charge >= 0.3 is 0 Å². The van der Waals surface area contributed by atoms with Crippen LogP contribution in [0.1, 0.15) is 24.5 Å². The van der Waals surface area contributed by atoms with E-state index < -0.39 is 0 Å². The molecule has 0 atom stereocenters. The van der Waals surface area contributed by atoms with Crippen LogP contribution in [-0.2, 0) is 6.54 Å². The molecule has 1 N–H and O–H groups in total. The van der Waals surface area contributed by atoms with E-state index in [2.05, 4.69) is 47.2 Å². The van der Waals surface area contributed by atoms with Crippen LogP contribution in [0.25, 0.3) is 0 Å². The van der Waals surface area contributed by atoms with E-state index in [-0.39, 0.29) is 0 Å². The molecular weight excluding hydrogens is 298 g/mol. The Morgan fingerprint density at radius 3 is 2.25 bits per heavy atom. The zero-order chi connectivity index (χ0) is 16.8. The summed E-state index contributed by atoms with van der Waals surface area (Å²) in [6, 6.07) is 17.9. The van der Waals surface area contributed by atoms with Crippen molar-refractivity contribution < 1.29 is 5.11 Å². The summed E-state index contributed by atoms with van der Waals surface area (Å²) in [6.07, 6.45) is 0.884. The van der Waals surface area contributed by atoms with E-state index in [0.29, 0.717) is 5.75 Å². The maximum absolute atomic E-state index is 9.43. The van der Waals surface area contributed by atoms with Gasteiger partial charge in [-0.3, -0.25) is 9.91 Å². The predicted molar refractivity (Wildman–Crippen MR) is 98.2 cm³/mol. The van der Waals surface area contributed by atoms with Crippen molar-refractivity contribution in [2.24, 2.45) is 5.10 Å². The van der Waals surface area contributed by atoms with Crippen molar-refractivity contribution in [1.29, 1.82) is 0 Å². The van der Waals surface area contributed by atoms with Crippen molar-refractivity contribution in [1.82, 2.24) is 9.91 Å². The molecule has 3 rings (SSSR count). The first-order chi connectivity index (χ1) is 11.7. The minimum atomic E-state index is 0.295. The minimum absolute atomic E-state index is 0.295. The van der Waals surface area contributed by atoms with E-state index in [1.165, 1.54) is 5.56 Å². The third kappa shape index (κ3) is 4.36. The second-order valence-corrected chi connectivity index (χ2v) is 6.16.